The molecule has 1 aliphatic heterocycles. The highest BCUT2D eigenvalue weighted by molar-refractivity contribution is 7.19. The summed E-state index contributed by atoms with van der Waals surface area (Å²) in [5, 5.41) is 12.6. The highest BCUT2D eigenvalue weighted by Gasteiger charge is 2.47. The summed E-state index contributed by atoms with van der Waals surface area (Å²) in [6.07, 6.45) is 7.30. The highest BCUT2D eigenvalue weighted by atomic mass is 32.1. The van der Waals surface area contributed by atoms with E-state index in [1.165, 1.54) is 16.9 Å². The normalized spacial score (nSPS) is 23.5. The van der Waals surface area contributed by atoms with Crippen LogP contribution >= 0.6 is 11.3 Å². The van der Waals surface area contributed by atoms with Crippen LogP contribution in [0, 0.1) is 17.8 Å². The lowest BCUT2D eigenvalue weighted by Gasteiger charge is -2.27. The molecule has 0 bridgehead atoms. The van der Waals surface area contributed by atoms with Crippen LogP contribution in [0.1, 0.15) is 23.3 Å². The molecule has 0 radical (unpaired) electrons. The van der Waals surface area contributed by atoms with Crippen LogP contribution in [-0.2, 0) is 17.6 Å². The van der Waals surface area contributed by atoms with E-state index in [0.717, 1.165) is 82.6 Å². The van der Waals surface area contributed by atoms with Gasteiger partial charge in [-0.05, 0) is 49.1 Å². The van der Waals surface area contributed by atoms with Crippen molar-refractivity contribution in [1.82, 2.24) is 25.1 Å². The largest absolute Gasteiger partial charge is 0.494 e. The first kappa shape index (κ1) is 19.3. The number of hydrogen-bond acceptors (Lipinski definition) is 7. The predicted molar refractivity (Wildman–Crippen MR) is 127 cm³/mol. The van der Waals surface area contributed by atoms with Crippen molar-refractivity contribution in [3.63, 3.8) is 0 Å². The number of thiophene rings is 1. The van der Waals surface area contributed by atoms with Crippen molar-refractivity contribution in [3.05, 3.63) is 35.1 Å². The van der Waals surface area contributed by atoms with Crippen LogP contribution in [-0.4, -0.2) is 51.2 Å². The molecule has 1 amide bonds. The number of carbonyl (C=O) groups is 1. The monoisotopic (exact) mass is 460 g/mol. The van der Waals surface area contributed by atoms with Gasteiger partial charge in [0.1, 0.15) is 22.7 Å². The second kappa shape index (κ2) is 7.15. The van der Waals surface area contributed by atoms with Crippen LogP contribution < -0.4 is 10.1 Å². The number of amides is 1. The predicted octanol–water partition coefficient (Wildman–Crippen LogP) is 3.90. The summed E-state index contributed by atoms with van der Waals surface area (Å²) in [7, 11) is 1.66. The van der Waals surface area contributed by atoms with Crippen molar-refractivity contribution in [3.8, 4) is 5.75 Å². The number of H-pyrrole nitrogens is 1. The minimum absolute atomic E-state index is 0.0935. The van der Waals surface area contributed by atoms with Crippen LogP contribution in [0.25, 0.3) is 21.1 Å². The molecule has 3 aromatic heterocycles. The number of aromatic amines is 1. The van der Waals surface area contributed by atoms with Crippen LogP contribution in [0.3, 0.4) is 0 Å². The fourth-order valence-corrected chi connectivity index (χ4v) is 6.88. The molecular formula is C24H24N6O2S. The number of anilines is 2. The van der Waals surface area contributed by atoms with Gasteiger partial charge in [-0.2, -0.15) is 5.10 Å². The fraction of sp³-hybridized carbons (Fsp3) is 0.417. The van der Waals surface area contributed by atoms with E-state index >= 15 is 0 Å². The van der Waals surface area contributed by atoms with Crippen LogP contribution in [0.2, 0.25) is 0 Å². The minimum atomic E-state index is 0.0935. The first-order chi connectivity index (χ1) is 16.2. The number of methoxy groups -OCH3 is 1. The molecule has 33 heavy (non-hydrogen) atoms. The molecular weight excluding hydrogens is 436 g/mol. The molecule has 1 aromatic carbocycles. The number of piperidine rings is 1. The first-order valence-corrected chi connectivity index (χ1v) is 12.3. The lowest BCUT2D eigenvalue weighted by molar-refractivity contribution is -0.135. The molecule has 2 unspecified atom stereocenters. The third-order valence-electron chi connectivity index (χ3n) is 7.50. The Labute approximate surface area is 194 Å². The van der Waals surface area contributed by atoms with Crippen molar-refractivity contribution >= 4 is 49.9 Å². The third kappa shape index (κ3) is 3.09. The van der Waals surface area contributed by atoms with E-state index in [1.54, 1.807) is 31.0 Å². The zero-order valence-corrected chi connectivity index (χ0v) is 19.1. The Bertz CT molecular complexity index is 1400. The lowest BCUT2D eigenvalue weighted by Crippen LogP contribution is -2.37. The van der Waals surface area contributed by atoms with Gasteiger partial charge in [-0.1, -0.05) is 0 Å². The van der Waals surface area contributed by atoms with E-state index < -0.39 is 0 Å². The van der Waals surface area contributed by atoms with Gasteiger partial charge in [0.15, 0.2) is 0 Å². The third-order valence-corrected chi connectivity index (χ3v) is 8.66. The molecule has 2 N–H and O–H groups in total. The smallest absolute Gasteiger partial charge is 0.226 e. The van der Waals surface area contributed by atoms with Crippen LogP contribution in [0.5, 0.6) is 5.75 Å². The van der Waals surface area contributed by atoms with Crippen LogP contribution in [0.15, 0.2) is 24.7 Å². The highest BCUT2D eigenvalue weighted by Crippen LogP contribution is 2.46. The zero-order chi connectivity index (χ0) is 22.1. The number of carbonyl (C=O) groups excluding carboxylic acids is 1. The van der Waals surface area contributed by atoms with E-state index in [4.69, 9.17) is 4.74 Å². The summed E-state index contributed by atoms with van der Waals surface area (Å²) >= 11 is 1.70. The van der Waals surface area contributed by atoms with Crippen molar-refractivity contribution in [1.29, 1.82) is 0 Å². The van der Waals surface area contributed by atoms with E-state index in [9.17, 15) is 4.79 Å². The number of likely N-dealkylation sites (tertiary alicyclic amines) is 1. The second-order valence-electron chi connectivity index (χ2n) is 9.48. The lowest BCUT2D eigenvalue weighted by atomic mass is 9.87. The Morgan fingerprint density at radius 2 is 2.15 bits per heavy atom. The number of nitrogens with zero attached hydrogens (tertiary/aromatic N) is 4. The number of benzene rings is 1. The molecule has 2 fully saturated rings. The van der Waals surface area contributed by atoms with Crippen LogP contribution in [0.4, 0.5) is 11.5 Å². The van der Waals surface area contributed by atoms with Crippen molar-refractivity contribution in [2.75, 3.05) is 25.5 Å². The number of nitrogens with one attached hydrogen (secondary N) is 2. The Morgan fingerprint density at radius 3 is 3.00 bits per heavy atom. The molecule has 3 aliphatic rings. The quantitative estimate of drug-likeness (QED) is 0.480. The Balaban J connectivity index is 1.21. The van der Waals surface area contributed by atoms with Gasteiger partial charge in [-0.15, -0.1) is 11.3 Å². The topological polar surface area (TPSA) is 96.0 Å². The average Bonchev–Trinajstić information content (AvgIpc) is 3.19. The molecule has 4 heterocycles. The Morgan fingerprint density at radius 1 is 1.27 bits per heavy atom. The molecule has 9 heteroatoms. The van der Waals surface area contributed by atoms with Gasteiger partial charge in [-0.3, -0.25) is 9.89 Å². The Hall–Kier alpha value is -3.20. The summed E-state index contributed by atoms with van der Waals surface area (Å²) in [6.45, 7) is 1.95. The summed E-state index contributed by atoms with van der Waals surface area (Å²) in [6, 6.07) is 3.95. The summed E-state index contributed by atoms with van der Waals surface area (Å²) in [4.78, 5) is 26.6. The number of hydrogen-bond donors (Lipinski definition) is 2. The zero-order valence-electron chi connectivity index (χ0n) is 18.3. The van der Waals surface area contributed by atoms with Gasteiger partial charge in [0, 0.05) is 35.3 Å². The number of rotatable bonds is 4. The average molecular weight is 461 g/mol. The summed E-state index contributed by atoms with van der Waals surface area (Å²) in [5.41, 5.74) is 3.04. The maximum atomic E-state index is 13.1. The second-order valence-corrected chi connectivity index (χ2v) is 10.6. The van der Waals surface area contributed by atoms with Gasteiger partial charge in [0.05, 0.1) is 29.9 Å². The molecule has 1 saturated carbocycles. The van der Waals surface area contributed by atoms with Crippen molar-refractivity contribution < 1.29 is 9.53 Å². The molecule has 3 atom stereocenters. The fourth-order valence-electron chi connectivity index (χ4n) is 5.62. The van der Waals surface area contributed by atoms with E-state index in [2.05, 4.69) is 30.4 Å². The van der Waals surface area contributed by atoms with Gasteiger partial charge in [0.25, 0.3) is 0 Å². The van der Waals surface area contributed by atoms with E-state index in [1.807, 2.05) is 12.1 Å². The van der Waals surface area contributed by atoms with Crippen molar-refractivity contribution in [2.24, 2.45) is 17.8 Å². The molecule has 7 rings (SSSR count). The SMILES string of the molecule is COc1cc2[nH]ncc2cc1Nc1ncnc2sc3c(c12)CC[C@H](C(=O)N1CC2CC2C1)C3. The number of fused-ring (bicyclic) bond motifs is 5. The van der Waals surface area contributed by atoms with Crippen molar-refractivity contribution in [2.45, 2.75) is 25.7 Å². The molecule has 1 saturated heterocycles. The minimum Gasteiger partial charge on any atom is -0.494 e. The number of ether oxygens (including phenoxy) is 1. The summed E-state index contributed by atoms with van der Waals surface area (Å²) in [5.74, 6) is 3.50. The van der Waals surface area contributed by atoms with Gasteiger partial charge in [0.2, 0.25) is 5.91 Å². The number of aromatic nitrogens is 4. The molecule has 4 aromatic rings. The molecule has 0 spiro atoms. The molecule has 8 nitrogen and oxygen atoms in total. The van der Waals surface area contributed by atoms with E-state index in [0.29, 0.717) is 5.91 Å². The molecule has 168 valence electrons. The van der Waals surface area contributed by atoms with Gasteiger partial charge < -0.3 is 15.0 Å². The molecule has 2 aliphatic carbocycles. The standard InChI is InChI=1S/C24H24N6O2S/c1-32-19-7-17-13(8-27-29-17)5-18(19)28-22-21-16-3-2-12(6-20(16)33-23(21)26-11-25-22)24(31)30-9-14-4-15(14)10-30/h5,7-8,11-12,14-15H,2-4,6,9-10H2,1H3,(H,27,29)(H,25,26,28)/t12-,14?,15?/m0/s1. The summed E-state index contributed by atoms with van der Waals surface area (Å²) < 4.78 is 5.61. The van der Waals surface area contributed by atoms with Gasteiger partial charge in [-0.25, -0.2) is 9.97 Å². The maximum Gasteiger partial charge on any atom is 0.226 e. The maximum absolute atomic E-state index is 13.1. The Kier molecular flexibility index (Phi) is 4.18. The van der Waals surface area contributed by atoms with E-state index in [-0.39, 0.29) is 5.92 Å². The first-order valence-electron chi connectivity index (χ1n) is 11.5. The number of aryl methyl sites for hydroxylation is 1. The van der Waals surface area contributed by atoms with Gasteiger partial charge >= 0.3 is 0 Å².